The van der Waals surface area contributed by atoms with Crippen LogP contribution in [-0.4, -0.2) is 54.2 Å². The summed E-state index contributed by atoms with van der Waals surface area (Å²) in [6.07, 6.45) is 0.950. The lowest BCUT2D eigenvalue weighted by molar-refractivity contribution is 0.0950. The summed E-state index contributed by atoms with van der Waals surface area (Å²) in [7, 11) is 1.76. The largest absolute Gasteiger partial charge is 0.363 e. The third-order valence-corrected chi connectivity index (χ3v) is 3.60. The molecule has 0 atom stereocenters. The van der Waals surface area contributed by atoms with E-state index < -0.39 is 0 Å². The van der Waals surface area contributed by atoms with Gasteiger partial charge in [0.15, 0.2) is 0 Å². The van der Waals surface area contributed by atoms with Crippen LogP contribution in [0.15, 0.2) is 0 Å². The number of amides is 1. The van der Waals surface area contributed by atoms with Gasteiger partial charge in [0.05, 0.1) is 0 Å². The SMILES string of the molecule is CCN(CC)CCCNC(=O)c1nnc(NC)s1. The molecule has 6 nitrogen and oxygen atoms in total. The molecule has 18 heavy (non-hydrogen) atoms. The molecule has 0 aromatic carbocycles. The van der Waals surface area contributed by atoms with Crippen molar-refractivity contribution in [3.8, 4) is 0 Å². The minimum absolute atomic E-state index is 0.145. The van der Waals surface area contributed by atoms with Gasteiger partial charge in [0, 0.05) is 13.6 Å². The highest BCUT2D eigenvalue weighted by molar-refractivity contribution is 7.17. The van der Waals surface area contributed by atoms with E-state index in [1.165, 1.54) is 11.3 Å². The number of rotatable bonds is 8. The molecular weight excluding hydrogens is 250 g/mol. The van der Waals surface area contributed by atoms with Crippen molar-refractivity contribution < 1.29 is 4.79 Å². The van der Waals surface area contributed by atoms with Crippen LogP contribution in [0.4, 0.5) is 5.13 Å². The highest BCUT2D eigenvalue weighted by atomic mass is 32.1. The summed E-state index contributed by atoms with van der Waals surface area (Å²) in [5.74, 6) is -0.145. The Morgan fingerprint density at radius 2 is 2.06 bits per heavy atom. The van der Waals surface area contributed by atoms with Gasteiger partial charge >= 0.3 is 0 Å². The van der Waals surface area contributed by atoms with Gasteiger partial charge < -0.3 is 15.5 Å². The highest BCUT2D eigenvalue weighted by Gasteiger charge is 2.11. The van der Waals surface area contributed by atoms with Crippen molar-refractivity contribution in [1.82, 2.24) is 20.4 Å². The normalized spacial score (nSPS) is 10.7. The van der Waals surface area contributed by atoms with Crippen LogP contribution in [0.5, 0.6) is 0 Å². The molecule has 1 aromatic rings. The molecule has 0 saturated carbocycles. The molecule has 0 fully saturated rings. The summed E-state index contributed by atoms with van der Waals surface area (Å²) in [6, 6.07) is 0. The first-order valence-corrected chi connectivity index (χ1v) is 7.04. The van der Waals surface area contributed by atoms with Gasteiger partial charge in [-0.2, -0.15) is 0 Å². The lowest BCUT2D eigenvalue weighted by atomic mass is 10.3. The molecule has 0 bridgehead atoms. The summed E-state index contributed by atoms with van der Waals surface area (Å²) in [4.78, 5) is 14.0. The minimum Gasteiger partial charge on any atom is -0.363 e. The molecule has 1 amide bonds. The van der Waals surface area contributed by atoms with Crippen molar-refractivity contribution in [2.24, 2.45) is 0 Å². The molecule has 1 rings (SSSR count). The van der Waals surface area contributed by atoms with Gasteiger partial charge in [-0.25, -0.2) is 0 Å². The van der Waals surface area contributed by atoms with E-state index in [0.29, 0.717) is 16.7 Å². The standard InChI is InChI=1S/C11H21N5OS/c1-4-16(5-2)8-6-7-13-9(17)10-14-15-11(12-3)18-10/h4-8H2,1-3H3,(H,12,15)(H,13,17). The van der Waals surface area contributed by atoms with E-state index in [1.54, 1.807) is 7.05 Å². The van der Waals surface area contributed by atoms with E-state index in [4.69, 9.17) is 0 Å². The summed E-state index contributed by atoms with van der Waals surface area (Å²) in [6.45, 7) is 8.05. The average Bonchev–Trinajstić information content (AvgIpc) is 2.87. The first-order valence-electron chi connectivity index (χ1n) is 6.23. The number of carbonyl (C=O) groups excluding carboxylic acids is 1. The zero-order valence-electron chi connectivity index (χ0n) is 11.2. The molecule has 2 N–H and O–H groups in total. The Hall–Kier alpha value is -1.21. The zero-order valence-corrected chi connectivity index (χ0v) is 12.0. The Bertz CT molecular complexity index is 364. The van der Waals surface area contributed by atoms with E-state index in [0.717, 1.165) is 26.1 Å². The van der Waals surface area contributed by atoms with Gasteiger partial charge in [-0.3, -0.25) is 4.79 Å². The topological polar surface area (TPSA) is 70.2 Å². The fourth-order valence-electron chi connectivity index (χ4n) is 1.54. The van der Waals surface area contributed by atoms with E-state index in [-0.39, 0.29) is 5.91 Å². The number of hydrogen-bond donors (Lipinski definition) is 2. The van der Waals surface area contributed by atoms with Crippen molar-refractivity contribution in [3.63, 3.8) is 0 Å². The predicted octanol–water partition coefficient (Wildman–Crippen LogP) is 1.04. The monoisotopic (exact) mass is 271 g/mol. The van der Waals surface area contributed by atoms with Crippen LogP contribution in [0, 0.1) is 0 Å². The summed E-state index contributed by atoms with van der Waals surface area (Å²) in [5, 5.41) is 14.4. The predicted molar refractivity (Wildman–Crippen MR) is 74.2 cm³/mol. The van der Waals surface area contributed by atoms with Crippen molar-refractivity contribution in [3.05, 3.63) is 5.01 Å². The first-order chi connectivity index (χ1) is 8.71. The molecule has 0 spiro atoms. The number of nitrogens with zero attached hydrogens (tertiary/aromatic N) is 3. The Labute approximate surface area is 112 Å². The maximum atomic E-state index is 11.7. The van der Waals surface area contributed by atoms with Crippen LogP contribution in [-0.2, 0) is 0 Å². The summed E-state index contributed by atoms with van der Waals surface area (Å²) < 4.78 is 0. The highest BCUT2D eigenvalue weighted by Crippen LogP contribution is 2.13. The van der Waals surface area contributed by atoms with E-state index in [1.807, 2.05) is 0 Å². The number of carbonyl (C=O) groups is 1. The van der Waals surface area contributed by atoms with Crippen LogP contribution >= 0.6 is 11.3 Å². The molecule has 0 radical (unpaired) electrons. The second-order valence-electron chi connectivity index (χ2n) is 3.80. The third kappa shape index (κ3) is 4.58. The maximum Gasteiger partial charge on any atom is 0.282 e. The van der Waals surface area contributed by atoms with Gasteiger partial charge in [0.2, 0.25) is 10.1 Å². The van der Waals surface area contributed by atoms with Gasteiger partial charge in [0.25, 0.3) is 5.91 Å². The molecular formula is C11H21N5OS. The second kappa shape index (κ2) is 7.99. The van der Waals surface area contributed by atoms with Gasteiger partial charge in [0.1, 0.15) is 0 Å². The zero-order chi connectivity index (χ0) is 13.4. The smallest absolute Gasteiger partial charge is 0.282 e. The van der Waals surface area contributed by atoms with E-state index in [2.05, 4.69) is 39.6 Å². The quantitative estimate of drug-likeness (QED) is 0.691. The fraction of sp³-hybridized carbons (Fsp3) is 0.727. The van der Waals surface area contributed by atoms with Crippen molar-refractivity contribution in [2.45, 2.75) is 20.3 Å². The van der Waals surface area contributed by atoms with Gasteiger partial charge in [-0.15, -0.1) is 10.2 Å². The minimum atomic E-state index is -0.145. The summed E-state index contributed by atoms with van der Waals surface area (Å²) >= 11 is 1.26. The molecule has 0 unspecified atom stereocenters. The second-order valence-corrected chi connectivity index (χ2v) is 4.78. The average molecular weight is 271 g/mol. The van der Waals surface area contributed by atoms with Crippen molar-refractivity contribution in [2.75, 3.05) is 38.5 Å². The van der Waals surface area contributed by atoms with Crippen LogP contribution in [0.1, 0.15) is 30.1 Å². The molecule has 0 aliphatic heterocycles. The van der Waals surface area contributed by atoms with Crippen LogP contribution in [0.3, 0.4) is 0 Å². The Kier molecular flexibility index (Phi) is 6.59. The molecule has 0 saturated heterocycles. The molecule has 102 valence electrons. The third-order valence-electron chi connectivity index (χ3n) is 2.66. The van der Waals surface area contributed by atoms with Crippen LogP contribution in [0.2, 0.25) is 0 Å². The summed E-state index contributed by atoms with van der Waals surface area (Å²) in [5.41, 5.74) is 0. The number of hydrogen-bond acceptors (Lipinski definition) is 6. The van der Waals surface area contributed by atoms with Crippen molar-refractivity contribution in [1.29, 1.82) is 0 Å². The van der Waals surface area contributed by atoms with E-state index >= 15 is 0 Å². The molecule has 0 aliphatic carbocycles. The molecule has 1 aromatic heterocycles. The molecule has 0 aliphatic rings. The van der Waals surface area contributed by atoms with Gasteiger partial charge in [-0.05, 0) is 26.1 Å². The molecule has 7 heteroatoms. The molecule has 1 heterocycles. The lowest BCUT2D eigenvalue weighted by Gasteiger charge is -2.17. The first kappa shape index (κ1) is 14.8. The van der Waals surface area contributed by atoms with E-state index in [9.17, 15) is 4.79 Å². The fourth-order valence-corrected chi connectivity index (χ4v) is 2.15. The number of nitrogens with one attached hydrogen (secondary N) is 2. The van der Waals surface area contributed by atoms with Crippen molar-refractivity contribution >= 4 is 22.4 Å². The van der Waals surface area contributed by atoms with Gasteiger partial charge in [-0.1, -0.05) is 25.2 Å². The lowest BCUT2D eigenvalue weighted by Crippen LogP contribution is -2.29. The Balaban J connectivity index is 2.25. The maximum absolute atomic E-state index is 11.7. The Morgan fingerprint density at radius 3 is 2.61 bits per heavy atom. The number of anilines is 1. The van der Waals surface area contributed by atoms with Crippen LogP contribution < -0.4 is 10.6 Å². The number of aromatic nitrogens is 2. The Morgan fingerprint density at radius 1 is 1.33 bits per heavy atom. The van der Waals surface area contributed by atoms with Crippen LogP contribution in [0.25, 0.3) is 0 Å².